The monoisotopic (exact) mass is 460 g/mol. The van der Waals surface area contributed by atoms with Crippen LogP contribution in [0.1, 0.15) is 37.2 Å². The third-order valence-corrected chi connectivity index (χ3v) is 5.80. The van der Waals surface area contributed by atoms with Crippen LogP contribution in [0.15, 0.2) is 84.9 Å². The molecule has 3 aromatic rings. The Labute approximate surface area is 198 Å². The second-order valence-corrected chi connectivity index (χ2v) is 8.15. The maximum atomic E-state index is 10.9. The van der Waals surface area contributed by atoms with Crippen LogP contribution in [0.25, 0.3) is 11.1 Å². The summed E-state index contributed by atoms with van der Waals surface area (Å²) in [6, 6.07) is 25.7. The van der Waals surface area contributed by atoms with Crippen molar-refractivity contribution in [3.05, 3.63) is 111 Å². The third kappa shape index (κ3) is 6.96. The summed E-state index contributed by atoms with van der Waals surface area (Å²) in [4.78, 5) is 21.1. The van der Waals surface area contributed by atoms with Gasteiger partial charge in [-0.05, 0) is 30.0 Å². The Morgan fingerprint density at radius 3 is 2.15 bits per heavy atom. The van der Waals surface area contributed by atoms with Crippen LogP contribution in [0.5, 0.6) is 0 Å². The zero-order valence-electron chi connectivity index (χ0n) is 18.8. The molecule has 1 saturated heterocycles. The number of nitrogens with one attached hydrogen (secondary N) is 2. The van der Waals surface area contributed by atoms with Crippen LogP contribution in [-0.2, 0) is 0 Å². The summed E-state index contributed by atoms with van der Waals surface area (Å²) in [7, 11) is 0. The Balaban J connectivity index is 0.000000196. The minimum Gasteiger partial charge on any atom is -0.370 e. The zero-order valence-corrected chi connectivity index (χ0v) is 18.8. The lowest BCUT2D eigenvalue weighted by Gasteiger charge is -2.25. The summed E-state index contributed by atoms with van der Waals surface area (Å²) >= 11 is 0. The highest BCUT2D eigenvalue weighted by molar-refractivity contribution is 5.79. The average Bonchev–Trinajstić information content (AvgIpc) is 3.08. The Bertz CT molecular complexity index is 1110. The minimum atomic E-state index is -0.359. The number of para-hydroxylation sites is 1. The zero-order chi connectivity index (χ0) is 24.3. The molecule has 4 rings (SSSR count). The van der Waals surface area contributed by atoms with Gasteiger partial charge in [0.1, 0.15) is 0 Å². The van der Waals surface area contributed by atoms with E-state index in [2.05, 4.69) is 5.32 Å². The molecule has 34 heavy (non-hydrogen) atoms. The van der Waals surface area contributed by atoms with Crippen molar-refractivity contribution in [3.8, 4) is 11.1 Å². The van der Waals surface area contributed by atoms with Crippen molar-refractivity contribution < 1.29 is 9.85 Å². The van der Waals surface area contributed by atoms with Gasteiger partial charge in [0.2, 0.25) is 6.54 Å². The van der Waals surface area contributed by atoms with Gasteiger partial charge in [-0.15, -0.1) is 0 Å². The minimum absolute atomic E-state index is 0.0113. The first-order chi connectivity index (χ1) is 16.5. The molecular formula is C26H28N4O4. The molecule has 0 bridgehead atoms. The Morgan fingerprint density at radius 2 is 1.50 bits per heavy atom. The molecule has 2 unspecified atom stereocenters. The average molecular weight is 461 g/mol. The lowest BCUT2D eigenvalue weighted by Crippen LogP contribution is -2.40. The maximum Gasteiger partial charge on any atom is 0.277 e. The van der Waals surface area contributed by atoms with Crippen molar-refractivity contribution in [2.45, 2.75) is 37.6 Å². The van der Waals surface area contributed by atoms with E-state index in [4.69, 9.17) is 5.41 Å². The first-order valence-electron chi connectivity index (χ1n) is 11.2. The summed E-state index contributed by atoms with van der Waals surface area (Å²) in [6.45, 7) is -0.0883. The molecule has 3 aromatic carbocycles. The molecule has 1 aliphatic heterocycles. The predicted octanol–water partition coefficient (Wildman–Crippen LogP) is 5.82. The number of rotatable bonds is 6. The van der Waals surface area contributed by atoms with E-state index in [9.17, 15) is 20.2 Å². The first kappa shape index (κ1) is 24.6. The summed E-state index contributed by atoms with van der Waals surface area (Å²) in [5.41, 5.74) is 2.64. The second kappa shape index (κ2) is 12.2. The topological polar surface area (TPSA) is 122 Å². The Hall–Kier alpha value is -4.07. The highest BCUT2D eigenvalue weighted by Gasteiger charge is 2.29. The number of nitrogens with zero attached hydrogens (tertiary/aromatic N) is 2. The fourth-order valence-corrected chi connectivity index (χ4v) is 4.16. The Morgan fingerprint density at radius 1 is 0.882 bits per heavy atom. The molecule has 0 aromatic heterocycles. The van der Waals surface area contributed by atoms with Crippen LogP contribution in [-0.4, -0.2) is 28.3 Å². The van der Waals surface area contributed by atoms with Crippen LogP contribution < -0.4 is 5.32 Å². The van der Waals surface area contributed by atoms with Gasteiger partial charge in [0.05, 0.1) is 22.2 Å². The lowest BCUT2D eigenvalue weighted by molar-refractivity contribution is -0.484. The standard InChI is InChI=1S/C14H19N3O2.C12H9NO2/c15-14-9-5-4-8-13(16-14)12(10-17(18)19)11-6-2-1-3-7-11;14-13(15)12-9-5-4-8-11(12)10-6-2-1-3-7-10/h1-3,6-7,12-13H,4-5,8-10H2,(H2,15,16);1-9H. The van der Waals surface area contributed by atoms with Crippen LogP contribution in [0.3, 0.4) is 0 Å². The number of nitro benzene ring substituents is 1. The quantitative estimate of drug-likeness (QED) is 0.354. The van der Waals surface area contributed by atoms with Crippen molar-refractivity contribution in [2.24, 2.45) is 0 Å². The van der Waals surface area contributed by atoms with Gasteiger partial charge < -0.3 is 5.32 Å². The molecule has 0 radical (unpaired) electrons. The predicted molar refractivity (Wildman–Crippen MR) is 133 cm³/mol. The van der Waals surface area contributed by atoms with Gasteiger partial charge in [0.15, 0.2) is 0 Å². The van der Waals surface area contributed by atoms with E-state index in [1.807, 2.05) is 60.7 Å². The van der Waals surface area contributed by atoms with Crippen molar-refractivity contribution in [3.63, 3.8) is 0 Å². The molecule has 8 heteroatoms. The summed E-state index contributed by atoms with van der Waals surface area (Å²) < 4.78 is 0. The molecule has 8 nitrogen and oxygen atoms in total. The highest BCUT2D eigenvalue weighted by Crippen LogP contribution is 2.29. The molecule has 0 aliphatic carbocycles. The largest absolute Gasteiger partial charge is 0.370 e. The van der Waals surface area contributed by atoms with Gasteiger partial charge in [-0.25, -0.2) is 0 Å². The Kier molecular flexibility index (Phi) is 8.85. The fraction of sp³-hybridized carbons (Fsp3) is 0.269. The van der Waals surface area contributed by atoms with E-state index in [0.29, 0.717) is 11.4 Å². The van der Waals surface area contributed by atoms with Gasteiger partial charge in [-0.1, -0.05) is 79.2 Å². The molecule has 0 saturated carbocycles. The van der Waals surface area contributed by atoms with Crippen molar-refractivity contribution >= 4 is 11.5 Å². The molecule has 1 aliphatic rings. The smallest absolute Gasteiger partial charge is 0.277 e. The number of benzene rings is 3. The van der Waals surface area contributed by atoms with Crippen molar-refractivity contribution in [1.29, 1.82) is 5.41 Å². The van der Waals surface area contributed by atoms with Crippen LogP contribution in [0.4, 0.5) is 5.69 Å². The van der Waals surface area contributed by atoms with E-state index in [-0.39, 0.29) is 34.0 Å². The third-order valence-electron chi connectivity index (χ3n) is 5.80. The summed E-state index contributed by atoms with van der Waals surface area (Å²) in [5.74, 6) is 0.335. The number of hydrogen-bond acceptors (Lipinski definition) is 5. The van der Waals surface area contributed by atoms with Crippen molar-refractivity contribution in [2.75, 3.05) is 6.54 Å². The molecule has 2 N–H and O–H groups in total. The molecule has 1 heterocycles. The lowest BCUT2D eigenvalue weighted by atomic mass is 9.89. The van der Waals surface area contributed by atoms with Crippen molar-refractivity contribution in [1.82, 2.24) is 5.32 Å². The van der Waals surface area contributed by atoms with Gasteiger partial charge in [0.25, 0.3) is 5.69 Å². The van der Waals surface area contributed by atoms with E-state index >= 15 is 0 Å². The molecule has 0 amide bonds. The van der Waals surface area contributed by atoms with E-state index in [1.54, 1.807) is 18.2 Å². The molecule has 2 atom stereocenters. The van der Waals surface area contributed by atoms with Crippen LogP contribution in [0, 0.1) is 25.6 Å². The number of hydrogen-bond donors (Lipinski definition) is 2. The molecule has 176 valence electrons. The molecule has 0 spiro atoms. The summed E-state index contributed by atoms with van der Waals surface area (Å²) in [6.07, 6.45) is 3.63. The van der Waals surface area contributed by atoms with Gasteiger partial charge >= 0.3 is 0 Å². The van der Waals surface area contributed by atoms with Gasteiger partial charge in [-0.2, -0.15) is 0 Å². The van der Waals surface area contributed by atoms with Gasteiger partial charge in [-0.3, -0.25) is 25.6 Å². The van der Waals surface area contributed by atoms with Crippen LogP contribution in [0.2, 0.25) is 0 Å². The number of nitro groups is 2. The van der Waals surface area contributed by atoms with E-state index < -0.39 is 0 Å². The van der Waals surface area contributed by atoms with E-state index in [0.717, 1.165) is 36.8 Å². The normalized spacial score (nSPS) is 16.2. The SMILES string of the molecule is N=C1CCCCC(C(C[N+](=O)[O-])c2ccccc2)N1.O=[N+]([O-])c1ccccc1-c1ccccc1. The molecular weight excluding hydrogens is 432 g/mol. The number of amidine groups is 1. The van der Waals surface area contributed by atoms with E-state index in [1.165, 1.54) is 6.07 Å². The van der Waals surface area contributed by atoms with Gasteiger partial charge in [0, 0.05) is 23.5 Å². The second-order valence-electron chi connectivity index (χ2n) is 8.15. The molecule has 1 fully saturated rings. The fourth-order valence-electron chi connectivity index (χ4n) is 4.16. The highest BCUT2D eigenvalue weighted by atomic mass is 16.6. The maximum absolute atomic E-state index is 10.9. The summed E-state index contributed by atoms with van der Waals surface area (Å²) in [5, 5.41) is 32.7. The first-order valence-corrected chi connectivity index (χ1v) is 11.2. The van der Waals surface area contributed by atoms with Crippen LogP contribution >= 0.6 is 0 Å².